The second-order valence-electron chi connectivity index (χ2n) is 4.85. The van der Waals surface area contributed by atoms with Gasteiger partial charge in [0.2, 0.25) is 0 Å². The standard InChI is InChI=1S/C17H15NO2/c1-12-5-6-16-15(10-12)17(19)13(7-9-20-16)11-14-4-2-3-8-18-14/h2-6,8,10-11H,7,9H2,1H3/b13-11+. The summed E-state index contributed by atoms with van der Waals surface area (Å²) < 4.78 is 5.66. The maximum absolute atomic E-state index is 12.6. The number of hydrogen-bond donors (Lipinski definition) is 0. The number of pyridine rings is 1. The van der Waals surface area contributed by atoms with Crippen molar-refractivity contribution < 1.29 is 9.53 Å². The number of aromatic nitrogens is 1. The molecule has 0 amide bonds. The lowest BCUT2D eigenvalue weighted by Crippen LogP contribution is -2.02. The number of carbonyl (C=O) groups excluding carboxylic acids is 1. The molecule has 0 spiro atoms. The monoisotopic (exact) mass is 265 g/mol. The lowest BCUT2D eigenvalue weighted by atomic mass is 9.99. The summed E-state index contributed by atoms with van der Waals surface area (Å²) in [7, 11) is 0. The van der Waals surface area contributed by atoms with Crippen LogP contribution in [0.15, 0.2) is 48.2 Å². The zero-order chi connectivity index (χ0) is 13.9. The highest BCUT2D eigenvalue weighted by Crippen LogP contribution is 2.28. The van der Waals surface area contributed by atoms with Crippen LogP contribution in [0, 0.1) is 6.92 Å². The van der Waals surface area contributed by atoms with Crippen molar-refractivity contribution in [1.82, 2.24) is 4.98 Å². The number of carbonyl (C=O) groups is 1. The molecule has 3 nitrogen and oxygen atoms in total. The molecule has 0 unspecified atom stereocenters. The van der Waals surface area contributed by atoms with Gasteiger partial charge < -0.3 is 4.74 Å². The lowest BCUT2D eigenvalue weighted by molar-refractivity contribution is 0.103. The predicted octanol–water partition coefficient (Wildman–Crippen LogP) is 3.44. The number of Topliss-reactive ketones (excluding diaryl/α,β-unsaturated/α-hetero) is 1. The van der Waals surface area contributed by atoms with Gasteiger partial charge in [-0.2, -0.15) is 0 Å². The van der Waals surface area contributed by atoms with Crippen LogP contribution in [-0.2, 0) is 0 Å². The van der Waals surface area contributed by atoms with E-state index in [4.69, 9.17) is 4.74 Å². The fourth-order valence-electron chi connectivity index (χ4n) is 2.28. The SMILES string of the molecule is Cc1ccc2c(c1)C(=O)/C(=C/c1ccccn1)CCO2. The Hall–Kier alpha value is -2.42. The molecule has 20 heavy (non-hydrogen) atoms. The Balaban J connectivity index is 2.03. The van der Waals surface area contributed by atoms with Gasteiger partial charge in [0.05, 0.1) is 17.9 Å². The van der Waals surface area contributed by atoms with Crippen molar-refractivity contribution in [3.05, 3.63) is 65.0 Å². The van der Waals surface area contributed by atoms with Crippen LogP contribution in [0.4, 0.5) is 0 Å². The number of hydrogen-bond acceptors (Lipinski definition) is 3. The number of aryl methyl sites for hydroxylation is 1. The molecule has 2 aromatic rings. The van der Waals surface area contributed by atoms with E-state index in [1.165, 1.54) is 0 Å². The molecule has 0 atom stereocenters. The smallest absolute Gasteiger partial charge is 0.192 e. The van der Waals surface area contributed by atoms with E-state index >= 15 is 0 Å². The highest BCUT2D eigenvalue weighted by molar-refractivity contribution is 6.13. The maximum Gasteiger partial charge on any atom is 0.192 e. The normalized spacial score (nSPS) is 16.4. The fraction of sp³-hybridized carbons (Fsp3) is 0.176. The molecule has 1 aromatic carbocycles. The summed E-state index contributed by atoms with van der Waals surface area (Å²) in [5.41, 5.74) is 3.24. The minimum absolute atomic E-state index is 0.0341. The molecule has 1 aromatic heterocycles. The van der Waals surface area contributed by atoms with Crippen molar-refractivity contribution in [3.63, 3.8) is 0 Å². The zero-order valence-electron chi connectivity index (χ0n) is 11.3. The van der Waals surface area contributed by atoms with Gasteiger partial charge in [0, 0.05) is 18.2 Å². The average molecular weight is 265 g/mol. The van der Waals surface area contributed by atoms with Crippen molar-refractivity contribution in [3.8, 4) is 5.75 Å². The number of rotatable bonds is 1. The molecule has 100 valence electrons. The number of ketones is 1. The Morgan fingerprint density at radius 1 is 1.25 bits per heavy atom. The van der Waals surface area contributed by atoms with Crippen molar-refractivity contribution in [2.24, 2.45) is 0 Å². The highest BCUT2D eigenvalue weighted by Gasteiger charge is 2.21. The zero-order valence-corrected chi connectivity index (χ0v) is 11.3. The molecular weight excluding hydrogens is 250 g/mol. The number of benzene rings is 1. The summed E-state index contributed by atoms with van der Waals surface area (Å²) in [4.78, 5) is 16.9. The third kappa shape index (κ3) is 2.48. The van der Waals surface area contributed by atoms with Gasteiger partial charge in [-0.1, -0.05) is 17.7 Å². The molecule has 0 saturated heterocycles. The maximum atomic E-state index is 12.6. The van der Waals surface area contributed by atoms with Crippen molar-refractivity contribution in [1.29, 1.82) is 0 Å². The second-order valence-corrected chi connectivity index (χ2v) is 4.85. The fourth-order valence-corrected chi connectivity index (χ4v) is 2.28. The van der Waals surface area contributed by atoms with E-state index in [2.05, 4.69) is 4.98 Å². The number of ether oxygens (including phenoxy) is 1. The van der Waals surface area contributed by atoms with E-state index in [0.717, 1.165) is 16.8 Å². The van der Waals surface area contributed by atoms with Crippen molar-refractivity contribution in [2.45, 2.75) is 13.3 Å². The van der Waals surface area contributed by atoms with Crippen LogP contribution < -0.4 is 4.74 Å². The lowest BCUT2D eigenvalue weighted by Gasteiger charge is -2.06. The Morgan fingerprint density at radius 3 is 2.95 bits per heavy atom. The topological polar surface area (TPSA) is 39.2 Å². The first-order chi connectivity index (χ1) is 9.74. The Bertz CT molecular complexity index is 675. The Kier molecular flexibility index (Phi) is 3.33. The molecule has 0 bridgehead atoms. The Morgan fingerprint density at radius 2 is 2.15 bits per heavy atom. The van der Waals surface area contributed by atoms with Gasteiger partial charge in [0.15, 0.2) is 5.78 Å². The van der Waals surface area contributed by atoms with Crippen LogP contribution >= 0.6 is 0 Å². The van der Waals surface area contributed by atoms with E-state index < -0.39 is 0 Å². The van der Waals surface area contributed by atoms with Crippen LogP contribution in [0.3, 0.4) is 0 Å². The summed E-state index contributed by atoms with van der Waals surface area (Å²) in [6, 6.07) is 11.4. The third-order valence-electron chi connectivity index (χ3n) is 3.31. The molecule has 0 fully saturated rings. The molecule has 3 rings (SSSR count). The van der Waals surface area contributed by atoms with Gasteiger partial charge in [0.1, 0.15) is 5.75 Å². The minimum Gasteiger partial charge on any atom is -0.492 e. The molecule has 1 aliphatic heterocycles. The first-order valence-electron chi connectivity index (χ1n) is 6.64. The van der Waals surface area contributed by atoms with Gasteiger partial charge in [-0.05, 0) is 37.3 Å². The van der Waals surface area contributed by atoms with Crippen LogP contribution in [0.1, 0.15) is 28.0 Å². The van der Waals surface area contributed by atoms with E-state index in [-0.39, 0.29) is 5.78 Å². The van der Waals surface area contributed by atoms with Gasteiger partial charge in [0.25, 0.3) is 0 Å². The molecule has 0 radical (unpaired) electrons. The predicted molar refractivity (Wildman–Crippen MR) is 77.8 cm³/mol. The summed E-state index contributed by atoms with van der Waals surface area (Å²) in [5, 5.41) is 0. The molecule has 0 N–H and O–H groups in total. The molecule has 3 heteroatoms. The average Bonchev–Trinajstić information content (AvgIpc) is 2.61. The van der Waals surface area contributed by atoms with E-state index in [1.807, 2.05) is 49.4 Å². The molecular formula is C17H15NO2. The summed E-state index contributed by atoms with van der Waals surface area (Å²) in [5.74, 6) is 0.705. The highest BCUT2D eigenvalue weighted by atomic mass is 16.5. The number of fused-ring (bicyclic) bond motifs is 1. The van der Waals surface area contributed by atoms with Gasteiger partial charge in [-0.25, -0.2) is 0 Å². The summed E-state index contributed by atoms with van der Waals surface area (Å²) in [6.45, 7) is 2.49. The van der Waals surface area contributed by atoms with E-state index in [0.29, 0.717) is 24.3 Å². The van der Waals surface area contributed by atoms with E-state index in [9.17, 15) is 4.79 Å². The van der Waals surface area contributed by atoms with Crippen LogP contribution in [0.25, 0.3) is 6.08 Å². The molecule has 2 heterocycles. The van der Waals surface area contributed by atoms with E-state index in [1.54, 1.807) is 6.20 Å². The van der Waals surface area contributed by atoms with Crippen molar-refractivity contribution >= 4 is 11.9 Å². The van der Waals surface area contributed by atoms with Crippen LogP contribution in [0.2, 0.25) is 0 Å². The van der Waals surface area contributed by atoms with Gasteiger partial charge >= 0.3 is 0 Å². The quantitative estimate of drug-likeness (QED) is 0.741. The van der Waals surface area contributed by atoms with Gasteiger partial charge in [-0.3, -0.25) is 9.78 Å². The number of nitrogens with zero attached hydrogens (tertiary/aromatic N) is 1. The molecule has 0 aliphatic carbocycles. The largest absolute Gasteiger partial charge is 0.492 e. The third-order valence-corrected chi connectivity index (χ3v) is 3.31. The second kappa shape index (κ2) is 5.29. The van der Waals surface area contributed by atoms with Crippen LogP contribution in [-0.4, -0.2) is 17.4 Å². The minimum atomic E-state index is 0.0341. The first kappa shape index (κ1) is 12.6. The molecule has 1 aliphatic rings. The first-order valence-corrected chi connectivity index (χ1v) is 6.64. The van der Waals surface area contributed by atoms with Crippen LogP contribution in [0.5, 0.6) is 5.75 Å². The summed E-state index contributed by atoms with van der Waals surface area (Å²) >= 11 is 0. The summed E-state index contributed by atoms with van der Waals surface area (Å²) in [6.07, 6.45) is 4.18. The van der Waals surface area contributed by atoms with Gasteiger partial charge in [-0.15, -0.1) is 0 Å². The van der Waals surface area contributed by atoms with Crippen molar-refractivity contribution in [2.75, 3.05) is 6.61 Å². The molecule has 0 saturated carbocycles. The Labute approximate surface area is 117 Å².